The Labute approximate surface area is 123 Å². The number of rotatable bonds is 6. The highest BCUT2D eigenvalue weighted by molar-refractivity contribution is 5.91. The number of nitrogens with two attached hydrogens (primary N) is 1. The maximum absolute atomic E-state index is 11.8. The van der Waals surface area contributed by atoms with Crippen LogP contribution < -0.4 is 20.5 Å². The molecule has 0 saturated carbocycles. The van der Waals surface area contributed by atoms with Crippen LogP contribution in [0.5, 0.6) is 11.5 Å². The van der Waals surface area contributed by atoms with Gasteiger partial charge < -0.3 is 20.5 Å². The largest absolute Gasteiger partial charge is 0.497 e. The van der Waals surface area contributed by atoms with Gasteiger partial charge in [-0.2, -0.15) is 0 Å². The number of methoxy groups -OCH3 is 1. The van der Waals surface area contributed by atoms with E-state index >= 15 is 0 Å². The van der Waals surface area contributed by atoms with Crippen LogP contribution in [-0.4, -0.2) is 19.6 Å². The van der Waals surface area contributed by atoms with Crippen molar-refractivity contribution in [3.8, 4) is 11.5 Å². The molecule has 0 aliphatic rings. The van der Waals surface area contributed by atoms with Gasteiger partial charge in [0, 0.05) is 17.8 Å². The van der Waals surface area contributed by atoms with Crippen LogP contribution in [-0.2, 0) is 11.3 Å². The number of para-hydroxylation sites is 1. The molecule has 0 atom stereocenters. The summed E-state index contributed by atoms with van der Waals surface area (Å²) in [7, 11) is 1.59. The second-order valence-electron chi connectivity index (χ2n) is 4.38. The van der Waals surface area contributed by atoms with Gasteiger partial charge in [-0.25, -0.2) is 0 Å². The second-order valence-corrected chi connectivity index (χ2v) is 4.38. The molecule has 5 heteroatoms. The molecule has 0 spiro atoms. The number of nitrogens with one attached hydrogen (secondary N) is 1. The number of benzene rings is 2. The van der Waals surface area contributed by atoms with E-state index in [1.54, 1.807) is 37.4 Å². The summed E-state index contributed by atoms with van der Waals surface area (Å²) in [4.78, 5) is 11.8. The molecule has 0 heterocycles. The van der Waals surface area contributed by atoms with Crippen molar-refractivity contribution in [2.75, 3.05) is 19.0 Å². The van der Waals surface area contributed by atoms with Gasteiger partial charge in [-0.05, 0) is 30.3 Å². The Morgan fingerprint density at radius 3 is 2.52 bits per heavy atom. The Morgan fingerprint density at radius 1 is 1.14 bits per heavy atom. The lowest BCUT2D eigenvalue weighted by molar-refractivity contribution is -0.118. The highest BCUT2D eigenvalue weighted by Crippen LogP contribution is 2.17. The average Bonchev–Trinajstić information content (AvgIpc) is 2.54. The van der Waals surface area contributed by atoms with Crippen molar-refractivity contribution in [2.24, 2.45) is 5.73 Å². The lowest BCUT2D eigenvalue weighted by atomic mass is 10.2. The molecule has 0 bridgehead atoms. The van der Waals surface area contributed by atoms with E-state index < -0.39 is 0 Å². The molecular formula is C16H18N2O3. The zero-order valence-electron chi connectivity index (χ0n) is 11.8. The minimum absolute atomic E-state index is 0.0664. The Balaban J connectivity index is 1.89. The minimum atomic E-state index is -0.230. The zero-order chi connectivity index (χ0) is 15.1. The Bertz CT molecular complexity index is 597. The number of hydrogen-bond donors (Lipinski definition) is 2. The third-order valence-electron chi connectivity index (χ3n) is 2.93. The van der Waals surface area contributed by atoms with Gasteiger partial charge in [0.15, 0.2) is 6.61 Å². The molecule has 0 aromatic heterocycles. The number of carbonyl (C=O) groups is 1. The van der Waals surface area contributed by atoms with Crippen LogP contribution in [0.25, 0.3) is 0 Å². The van der Waals surface area contributed by atoms with Crippen molar-refractivity contribution in [2.45, 2.75) is 6.54 Å². The molecular weight excluding hydrogens is 268 g/mol. The molecule has 0 fully saturated rings. The van der Waals surface area contributed by atoms with Crippen molar-refractivity contribution in [3.05, 3.63) is 54.1 Å². The SMILES string of the molecule is COc1ccc(NC(=O)COc2ccccc2CN)cc1. The van der Waals surface area contributed by atoms with E-state index in [2.05, 4.69) is 5.32 Å². The van der Waals surface area contributed by atoms with Crippen molar-refractivity contribution in [3.63, 3.8) is 0 Å². The summed E-state index contributed by atoms with van der Waals surface area (Å²) >= 11 is 0. The molecule has 0 unspecified atom stereocenters. The maximum Gasteiger partial charge on any atom is 0.262 e. The first kappa shape index (κ1) is 14.9. The molecule has 110 valence electrons. The van der Waals surface area contributed by atoms with Crippen LogP contribution in [0, 0.1) is 0 Å². The van der Waals surface area contributed by atoms with Crippen LogP contribution in [0.15, 0.2) is 48.5 Å². The van der Waals surface area contributed by atoms with Crippen LogP contribution in [0.2, 0.25) is 0 Å². The summed E-state index contributed by atoms with van der Waals surface area (Å²) < 4.78 is 10.5. The topological polar surface area (TPSA) is 73.6 Å². The summed E-state index contributed by atoms with van der Waals surface area (Å²) in [5.74, 6) is 1.14. The van der Waals surface area contributed by atoms with E-state index in [4.69, 9.17) is 15.2 Å². The smallest absolute Gasteiger partial charge is 0.262 e. The van der Waals surface area contributed by atoms with Crippen LogP contribution in [0.1, 0.15) is 5.56 Å². The Morgan fingerprint density at radius 2 is 1.86 bits per heavy atom. The highest BCUT2D eigenvalue weighted by atomic mass is 16.5. The molecule has 0 saturated heterocycles. The van der Waals surface area contributed by atoms with E-state index in [1.807, 2.05) is 18.2 Å². The second kappa shape index (κ2) is 7.31. The molecule has 2 aromatic rings. The Kier molecular flexibility index (Phi) is 5.17. The maximum atomic E-state index is 11.8. The average molecular weight is 286 g/mol. The predicted octanol–water partition coefficient (Wildman–Crippen LogP) is 2.17. The molecule has 1 amide bonds. The van der Waals surface area contributed by atoms with Gasteiger partial charge in [0.2, 0.25) is 0 Å². The van der Waals surface area contributed by atoms with Gasteiger partial charge >= 0.3 is 0 Å². The molecule has 0 aliphatic heterocycles. The predicted molar refractivity (Wildman–Crippen MR) is 81.5 cm³/mol. The third-order valence-corrected chi connectivity index (χ3v) is 2.93. The van der Waals surface area contributed by atoms with E-state index in [0.717, 1.165) is 11.3 Å². The fraction of sp³-hybridized carbons (Fsp3) is 0.188. The first-order valence-electron chi connectivity index (χ1n) is 6.57. The summed E-state index contributed by atoms with van der Waals surface area (Å²) in [6.07, 6.45) is 0. The first-order chi connectivity index (χ1) is 10.2. The lowest BCUT2D eigenvalue weighted by Crippen LogP contribution is -2.20. The molecule has 0 radical (unpaired) electrons. The molecule has 3 N–H and O–H groups in total. The van der Waals surface area contributed by atoms with Gasteiger partial charge in [0.1, 0.15) is 11.5 Å². The normalized spacial score (nSPS) is 10.0. The van der Waals surface area contributed by atoms with E-state index in [9.17, 15) is 4.79 Å². The molecule has 21 heavy (non-hydrogen) atoms. The number of amides is 1. The fourth-order valence-corrected chi connectivity index (χ4v) is 1.83. The summed E-state index contributed by atoms with van der Waals surface area (Å²) in [6, 6.07) is 14.5. The zero-order valence-corrected chi connectivity index (χ0v) is 11.8. The molecule has 2 rings (SSSR count). The fourth-order valence-electron chi connectivity index (χ4n) is 1.83. The van der Waals surface area contributed by atoms with Gasteiger partial charge in [0.25, 0.3) is 5.91 Å². The summed E-state index contributed by atoms with van der Waals surface area (Å²) in [6.45, 7) is 0.305. The highest BCUT2D eigenvalue weighted by Gasteiger charge is 2.06. The number of anilines is 1. The van der Waals surface area contributed by atoms with E-state index in [-0.39, 0.29) is 12.5 Å². The summed E-state index contributed by atoms with van der Waals surface area (Å²) in [5, 5.41) is 2.75. The van der Waals surface area contributed by atoms with Crippen molar-refractivity contribution < 1.29 is 14.3 Å². The standard InChI is InChI=1S/C16H18N2O3/c1-20-14-8-6-13(7-9-14)18-16(19)11-21-15-5-3-2-4-12(15)10-17/h2-9H,10-11,17H2,1H3,(H,18,19). The van der Waals surface area contributed by atoms with E-state index in [0.29, 0.717) is 18.0 Å². The number of ether oxygens (including phenoxy) is 2. The minimum Gasteiger partial charge on any atom is -0.497 e. The van der Waals surface area contributed by atoms with Gasteiger partial charge in [-0.3, -0.25) is 4.79 Å². The van der Waals surface area contributed by atoms with Crippen LogP contribution >= 0.6 is 0 Å². The lowest BCUT2D eigenvalue weighted by Gasteiger charge is -2.10. The van der Waals surface area contributed by atoms with Gasteiger partial charge in [-0.1, -0.05) is 18.2 Å². The van der Waals surface area contributed by atoms with Gasteiger partial charge in [0.05, 0.1) is 7.11 Å². The van der Waals surface area contributed by atoms with Gasteiger partial charge in [-0.15, -0.1) is 0 Å². The van der Waals surface area contributed by atoms with Crippen molar-refractivity contribution in [1.29, 1.82) is 0 Å². The number of hydrogen-bond acceptors (Lipinski definition) is 4. The van der Waals surface area contributed by atoms with Crippen LogP contribution in [0.3, 0.4) is 0 Å². The first-order valence-corrected chi connectivity index (χ1v) is 6.57. The van der Waals surface area contributed by atoms with Crippen molar-refractivity contribution in [1.82, 2.24) is 0 Å². The van der Waals surface area contributed by atoms with E-state index in [1.165, 1.54) is 0 Å². The molecule has 5 nitrogen and oxygen atoms in total. The Hall–Kier alpha value is -2.53. The van der Waals surface area contributed by atoms with Crippen molar-refractivity contribution >= 4 is 11.6 Å². The monoisotopic (exact) mass is 286 g/mol. The summed E-state index contributed by atoms with van der Waals surface area (Å²) in [5.41, 5.74) is 7.18. The molecule has 2 aromatic carbocycles. The third kappa shape index (κ3) is 4.22. The quantitative estimate of drug-likeness (QED) is 0.853. The van der Waals surface area contributed by atoms with Crippen LogP contribution in [0.4, 0.5) is 5.69 Å². The molecule has 0 aliphatic carbocycles. The number of carbonyl (C=O) groups excluding carboxylic acids is 1.